The van der Waals surface area contributed by atoms with Crippen LogP contribution in [0.1, 0.15) is 5.56 Å². The van der Waals surface area contributed by atoms with Gasteiger partial charge < -0.3 is 4.74 Å². The van der Waals surface area contributed by atoms with Crippen molar-refractivity contribution < 1.29 is 4.74 Å². The third-order valence-corrected chi connectivity index (χ3v) is 2.89. The number of benzene rings is 1. The molecule has 4 nitrogen and oxygen atoms in total. The van der Waals surface area contributed by atoms with E-state index in [1.165, 1.54) is 11.8 Å². The number of ether oxygens (including phenoxy) is 1. The summed E-state index contributed by atoms with van der Waals surface area (Å²) in [7, 11) is 0. The summed E-state index contributed by atoms with van der Waals surface area (Å²) in [5.41, 5.74) is 9.15. The summed E-state index contributed by atoms with van der Waals surface area (Å²) < 4.78 is 5.85. The second kappa shape index (κ2) is 7.98. The van der Waals surface area contributed by atoms with Gasteiger partial charge in [0.2, 0.25) is 4.38 Å². The van der Waals surface area contributed by atoms with E-state index in [9.17, 15) is 0 Å². The lowest BCUT2D eigenvalue weighted by atomic mass is 10.2. The van der Waals surface area contributed by atoms with Crippen LogP contribution in [0.25, 0.3) is 10.4 Å². The summed E-state index contributed by atoms with van der Waals surface area (Å²) in [6.45, 7) is 0.907. The van der Waals surface area contributed by atoms with Gasteiger partial charge in [-0.1, -0.05) is 47.2 Å². The highest BCUT2D eigenvalue weighted by molar-refractivity contribution is 8.22. The van der Waals surface area contributed by atoms with E-state index in [1.807, 2.05) is 30.3 Å². The quantitative estimate of drug-likeness (QED) is 0.265. The molecular weight excluding hydrogens is 242 g/mol. The van der Waals surface area contributed by atoms with Gasteiger partial charge in [-0.2, -0.15) is 0 Å². The van der Waals surface area contributed by atoms with Crippen molar-refractivity contribution in [3.8, 4) is 0 Å². The second-order valence-corrected chi connectivity index (χ2v) is 4.52. The molecule has 1 aromatic carbocycles. The average Bonchev–Trinajstić information content (AvgIpc) is 2.33. The van der Waals surface area contributed by atoms with Crippen molar-refractivity contribution >= 4 is 28.4 Å². The zero-order valence-electron chi connectivity index (χ0n) is 8.57. The molecule has 0 unspecified atom stereocenters. The Kier molecular flexibility index (Phi) is 6.41. The lowest BCUT2D eigenvalue weighted by Gasteiger charge is -2.05. The Labute approximate surface area is 104 Å². The first kappa shape index (κ1) is 12.8. The van der Waals surface area contributed by atoms with Gasteiger partial charge in [-0.15, -0.1) is 0 Å². The summed E-state index contributed by atoms with van der Waals surface area (Å²) in [6, 6.07) is 9.82. The van der Waals surface area contributed by atoms with Crippen molar-refractivity contribution in [2.24, 2.45) is 5.11 Å². The van der Waals surface area contributed by atoms with Gasteiger partial charge in [-0.25, -0.2) is 0 Å². The molecule has 0 fully saturated rings. The van der Waals surface area contributed by atoms with E-state index in [-0.39, 0.29) is 0 Å². The van der Waals surface area contributed by atoms with Gasteiger partial charge in [-0.05, 0) is 23.3 Å². The molecule has 84 valence electrons. The summed E-state index contributed by atoms with van der Waals surface area (Å²) in [6.07, 6.45) is 0. The Morgan fingerprint density at radius 3 is 2.88 bits per heavy atom. The van der Waals surface area contributed by atoms with Crippen LogP contribution in [0.3, 0.4) is 0 Å². The van der Waals surface area contributed by atoms with Gasteiger partial charge in [0.05, 0.1) is 0 Å². The number of nitrogens with zero attached hydrogens (tertiary/aromatic N) is 3. The van der Waals surface area contributed by atoms with Crippen LogP contribution in [0.15, 0.2) is 35.4 Å². The van der Waals surface area contributed by atoms with Crippen LogP contribution < -0.4 is 0 Å². The van der Waals surface area contributed by atoms with Crippen LogP contribution in [0.2, 0.25) is 0 Å². The first-order valence-corrected chi connectivity index (χ1v) is 6.06. The van der Waals surface area contributed by atoms with E-state index in [1.54, 1.807) is 0 Å². The van der Waals surface area contributed by atoms with Gasteiger partial charge in [-0.3, -0.25) is 0 Å². The van der Waals surface area contributed by atoms with Crippen LogP contribution in [-0.2, 0) is 11.3 Å². The van der Waals surface area contributed by atoms with E-state index in [0.29, 0.717) is 23.3 Å². The first-order valence-electron chi connectivity index (χ1n) is 4.67. The molecule has 1 aromatic rings. The molecule has 0 amide bonds. The molecule has 0 heterocycles. The Hall–Kier alpha value is -1.23. The van der Waals surface area contributed by atoms with Crippen molar-refractivity contribution in [1.29, 1.82) is 0 Å². The molecule has 6 heteroatoms. The zero-order chi connectivity index (χ0) is 11.6. The molecule has 0 spiro atoms. The van der Waals surface area contributed by atoms with Crippen LogP contribution in [0, 0.1) is 0 Å². The normalized spacial score (nSPS) is 9.25. The summed E-state index contributed by atoms with van der Waals surface area (Å²) in [5.74, 6) is 0.650. The maximum Gasteiger partial charge on any atom is 0.220 e. The molecule has 0 aliphatic heterocycles. The molecule has 0 atom stereocenters. The maximum absolute atomic E-state index is 8.07. The van der Waals surface area contributed by atoms with Gasteiger partial charge in [0, 0.05) is 17.2 Å². The van der Waals surface area contributed by atoms with Crippen LogP contribution in [0.5, 0.6) is 0 Å². The van der Waals surface area contributed by atoms with Crippen molar-refractivity contribution in [1.82, 2.24) is 0 Å². The third kappa shape index (κ3) is 5.60. The second-order valence-electron chi connectivity index (χ2n) is 2.83. The minimum Gasteiger partial charge on any atom is -0.474 e. The van der Waals surface area contributed by atoms with Crippen LogP contribution in [0.4, 0.5) is 0 Å². The molecule has 0 saturated carbocycles. The fourth-order valence-corrected chi connectivity index (χ4v) is 1.76. The highest BCUT2D eigenvalue weighted by atomic mass is 32.2. The molecule has 16 heavy (non-hydrogen) atoms. The van der Waals surface area contributed by atoms with Crippen molar-refractivity contribution in [3.63, 3.8) is 0 Å². The monoisotopic (exact) mass is 253 g/mol. The fraction of sp³-hybridized carbons (Fsp3) is 0.300. The highest BCUT2D eigenvalue weighted by Crippen LogP contribution is 2.09. The highest BCUT2D eigenvalue weighted by Gasteiger charge is 1.98. The largest absolute Gasteiger partial charge is 0.474 e. The van der Waals surface area contributed by atoms with Gasteiger partial charge >= 0.3 is 0 Å². The van der Waals surface area contributed by atoms with Gasteiger partial charge in [0.25, 0.3) is 0 Å². The van der Waals surface area contributed by atoms with Gasteiger partial charge in [0.15, 0.2) is 0 Å². The molecule has 0 saturated heterocycles. The van der Waals surface area contributed by atoms with E-state index in [2.05, 4.69) is 10.0 Å². The number of thiocarbonyl (C=S) groups is 1. The fourth-order valence-electron chi connectivity index (χ4n) is 0.973. The molecule has 0 radical (unpaired) electrons. The van der Waals surface area contributed by atoms with Crippen LogP contribution in [-0.4, -0.2) is 16.7 Å². The SMILES string of the molecule is [N-]=[N+]=NCCSC(=S)OCc1ccccc1. The van der Waals surface area contributed by atoms with Crippen LogP contribution >= 0.6 is 24.0 Å². The molecule has 0 aromatic heterocycles. The van der Waals surface area contributed by atoms with Crippen molar-refractivity contribution in [3.05, 3.63) is 46.3 Å². The Balaban J connectivity index is 2.18. The number of hydrogen-bond acceptors (Lipinski definition) is 4. The molecule has 0 bridgehead atoms. The summed E-state index contributed by atoms with van der Waals surface area (Å²) in [5, 5.41) is 3.41. The molecule has 0 aliphatic carbocycles. The summed E-state index contributed by atoms with van der Waals surface area (Å²) in [4.78, 5) is 2.65. The Morgan fingerprint density at radius 2 is 2.19 bits per heavy atom. The minimum atomic E-state index is 0.427. The summed E-state index contributed by atoms with van der Waals surface area (Å²) >= 11 is 6.39. The Bertz CT molecular complexity index is 377. The first-order chi connectivity index (χ1) is 7.83. The minimum absolute atomic E-state index is 0.427. The van der Waals surface area contributed by atoms with Crippen molar-refractivity contribution in [2.75, 3.05) is 12.3 Å². The molecular formula is C10H11N3OS2. The van der Waals surface area contributed by atoms with E-state index >= 15 is 0 Å². The zero-order valence-corrected chi connectivity index (χ0v) is 10.2. The molecule has 0 aliphatic rings. The topological polar surface area (TPSA) is 58.0 Å². The number of thioether (sulfide) groups is 1. The number of rotatable bonds is 5. The lowest BCUT2D eigenvalue weighted by molar-refractivity contribution is 0.310. The third-order valence-electron chi connectivity index (χ3n) is 1.67. The van der Waals surface area contributed by atoms with E-state index < -0.39 is 0 Å². The Morgan fingerprint density at radius 1 is 1.44 bits per heavy atom. The van der Waals surface area contributed by atoms with E-state index in [4.69, 9.17) is 22.5 Å². The standard InChI is InChI=1S/C10H11N3OS2/c11-13-12-6-7-16-10(15)14-8-9-4-2-1-3-5-9/h1-5H,6-8H2. The predicted octanol–water partition coefficient (Wildman–Crippen LogP) is 3.53. The van der Waals surface area contributed by atoms with E-state index in [0.717, 1.165) is 5.56 Å². The smallest absolute Gasteiger partial charge is 0.220 e. The maximum atomic E-state index is 8.07. The molecule has 1 rings (SSSR count). The number of azide groups is 1. The van der Waals surface area contributed by atoms with Crippen molar-refractivity contribution in [2.45, 2.75) is 6.61 Å². The predicted molar refractivity (Wildman–Crippen MR) is 70.3 cm³/mol. The number of hydrogen-bond donors (Lipinski definition) is 0. The van der Waals surface area contributed by atoms with Gasteiger partial charge in [0.1, 0.15) is 6.61 Å². The average molecular weight is 253 g/mol. The molecule has 0 N–H and O–H groups in total. The lowest BCUT2D eigenvalue weighted by Crippen LogP contribution is -1.99.